The zero-order valence-corrected chi connectivity index (χ0v) is 24.9. The van der Waals surface area contributed by atoms with Crippen LogP contribution in [0.5, 0.6) is 6.01 Å². The van der Waals surface area contributed by atoms with Crippen LogP contribution in [0.25, 0.3) is 10.9 Å². The molecule has 0 aliphatic carbocycles. The van der Waals surface area contributed by atoms with Gasteiger partial charge in [0.25, 0.3) is 0 Å². The molecule has 1 aromatic heterocycles. The maximum atomic E-state index is 15.5. The van der Waals surface area contributed by atoms with Gasteiger partial charge in [0.2, 0.25) is 0 Å². The Morgan fingerprint density at radius 2 is 1.82 bits per heavy atom. The summed E-state index contributed by atoms with van der Waals surface area (Å²) in [6, 6.07) is -0.275. The van der Waals surface area contributed by atoms with Crippen molar-refractivity contribution in [3.05, 3.63) is 21.7 Å². The van der Waals surface area contributed by atoms with Crippen molar-refractivity contribution in [1.82, 2.24) is 19.8 Å². The lowest BCUT2D eigenvalue weighted by Crippen LogP contribution is -2.57. The van der Waals surface area contributed by atoms with E-state index in [1.807, 2.05) is 25.7 Å². The van der Waals surface area contributed by atoms with Gasteiger partial charge in [-0.1, -0.05) is 0 Å². The van der Waals surface area contributed by atoms with Crippen LogP contribution in [-0.4, -0.2) is 88.0 Å². The fourth-order valence-corrected chi connectivity index (χ4v) is 7.52. The molecule has 2 bridgehead atoms. The molecular formula is C28H35BrF3N5O3. The monoisotopic (exact) mass is 625 g/mol. The van der Waals surface area contributed by atoms with E-state index in [0.29, 0.717) is 31.9 Å². The Morgan fingerprint density at radius 1 is 1.12 bits per heavy atom. The molecule has 40 heavy (non-hydrogen) atoms. The first-order valence-electron chi connectivity index (χ1n) is 14.0. The second-order valence-electron chi connectivity index (χ2n) is 12.7. The number of hydrogen-bond donors (Lipinski definition) is 0. The third kappa shape index (κ3) is 4.68. The van der Waals surface area contributed by atoms with Crippen LogP contribution in [0.3, 0.4) is 0 Å². The van der Waals surface area contributed by atoms with E-state index < -0.39 is 28.9 Å². The van der Waals surface area contributed by atoms with Gasteiger partial charge >= 0.3 is 12.1 Å². The van der Waals surface area contributed by atoms with E-state index >= 15 is 8.78 Å². The zero-order chi connectivity index (χ0) is 28.6. The van der Waals surface area contributed by atoms with Crippen molar-refractivity contribution in [2.75, 3.05) is 37.7 Å². The standard InChI is InChI=1S/C28H35BrF3N5O3/c1-15-19-23(22(32)20(29)21(15)31)33-25(39-14-28-8-5-9-36(28)11-16(30)10-28)34-24(19)35-12-17-6-7-18(13-35)37(17)26(38)40-27(2,3)4/h16-18H,5-14H2,1-4H3/t16-,17?,18?,28+/m1/s1. The predicted octanol–water partition coefficient (Wildman–Crippen LogP) is 5.52. The topological polar surface area (TPSA) is 71.0 Å². The Kier molecular flexibility index (Phi) is 6.88. The summed E-state index contributed by atoms with van der Waals surface area (Å²) in [4.78, 5) is 28.0. The molecule has 12 heteroatoms. The molecule has 8 nitrogen and oxygen atoms in total. The number of fused-ring (bicyclic) bond motifs is 4. The number of aromatic nitrogens is 2. The molecule has 4 atom stereocenters. The van der Waals surface area contributed by atoms with Crippen LogP contribution in [0.15, 0.2) is 4.47 Å². The van der Waals surface area contributed by atoms with Gasteiger partial charge in [0.05, 0.1) is 27.5 Å². The fraction of sp³-hybridized carbons (Fsp3) is 0.679. The Labute approximate surface area is 240 Å². The van der Waals surface area contributed by atoms with Crippen molar-refractivity contribution in [2.45, 2.75) is 89.2 Å². The van der Waals surface area contributed by atoms with Crippen LogP contribution in [0, 0.1) is 18.6 Å². The lowest BCUT2D eigenvalue weighted by Gasteiger charge is -2.42. The number of anilines is 1. The predicted molar refractivity (Wildman–Crippen MR) is 148 cm³/mol. The van der Waals surface area contributed by atoms with Crippen LogP contribution >= 0.6 is 15.9 Å². The largest absolute Gasteiger partial charge is 0.461 e. The first-order chi connectivity index (χ1) is 18.9. The van der Waals surface area contributed by atoms with E-state index in [1.165, 1.54) is 0 Å². The van der Waals surface area contributed by atoms with Gasteiger partial charge < -0.3 is 14.4 Å². The molecule has 4 aliphatic heterocycles. The summed E-state index contributed by atoms with van der Waals surface area (Å²) in [6.07, 6.45) is 2.49. The number of aryl methyl sites for hydroxylation is 1. The highest BCUT2D eigenvalue weighted by Crippen LogP contribution is 2.42. The number of carbonyl (C=O) groups excluding carboxylic acids is 1. The molecule has 4 fully saturated rings. The molecule has 2 aromatic rings. The Hall–Kier alpha value is -2.34. The third-order valence-electron chi connectivity index (χ3n) is 8.78. The highest BCUT2D eigenvalue weighted by molar-refractivity contribution is 9.10. The number of carbonyl (C=O) groups is 1. The van der Waals surface area contributed by atoms with Crippen molar-refractivity contribution in [3.8, 4) is 6.01 Å². The molecule has 4 saturated heterocycles. The Bertz CT molecular complexity index is 1340. The highest BCUT2D eigenvalue weighted by Gasteiger charge is 2.50. The van der Waals surface area contributed by atoms with Crippen molar-refractivity contribution in [1.29, 1.82) is 0 Å². The maximum absolute atomic E-state index is 15.5. The van der Waals surface area contributed by atoms with Crippen molar-refractivity contribution in [2.24, 2.45) is 0 Å². The normalized spacial score (nSPS) is 28.4. The van der Waals surface area contributed by atoms with Gasteiger partial charge in [0.1, 0.15) is 35.5 Å². The van der Waals surface area contributed by atoms with E-state index in [9.17, 15) is 9.18 Å². The number of alkyl halides is 1. The molecule has 218 valence electrons. The van der Waals surface area contributed by atoms with E-state index in [-0.39, 0.29) is 51.7 Å². The second-order valence-corrected chi connectivity index (χ2v) is 13.5. The first kappa shape index (κ1) is 27.8. The number of hydrogen-bond acceptors (Lipinski definition) is 7. The minimum absolute atomic E-state index is 0.0234. The number of amides is 1. The van der Waals surface area contributed by atoms with E-state index in [4.69, 9.17) is 14.5 Å². The molecule has 0 saturated carbocycles. The van der Waals surface area contributed by atoms with Crippen LogP contribution in [0.1, 0.15) is 58.4 Å². The van der Waals surface area contributed by atoms with Crippen molar-refractivity contribution >= 4 is 38.7 Å². The quantitative estimate of drug-likeness (QED) is 0.414. The van der Waals surface area contributed by atoms with Gasteiger partial charge in [-0.05, 0) is 81.4 Å². The van der Waals surface area contributed by atoms with Gasteiger partial charge in [-0.25, -0.2) is 18.0 Å². The van der Waals surface area contributed by atoms with Crippen molar-refractivity contribution < 1.29 is 27.4 Å². The molecule has 4 aliphatic rings. The van der Waals surface area contributed by atoms with Gasteiger partial charge in [-0.3, -0.25) is 9.80 Å². The number of halogens is 4. The number of ether oxygens (including phenoxy) is 2. The van der Waals surface area contributed by atoms with E-state index in [2.05, 4.69) is 25.8 Å². The van der Waals surface area contributed by atoms with E-state index in [0.717, 1.165) is 32.2 Å². The lowest BCUT2D eigenvalue weighted by molar-refractivity contribution is 0.0122. The maximum Gasteiger partial charge on any atom is 0.410 e. The Morgan fingerprint density at radius 3 is 2.50 bits per heavy atom. The molecule has 6 rings (SSSR count). The molecular weight excluding hydrogens is 591 g/mol. The molecule has 5 heterocycles. The Balaban J connectivity index is 1.35. The first-order valence-corrected chi connectivity index (χ1v) is 14.8. The van der Waals surface area contributed by atoms with Gasteiger partial charge in [0, 0.05) is 26.1 Å². The van der Waals surface area contributed by atoms with Gasteiger partial charge in [0.15, 0.2) is 5.82 Å². The summed E-state index contributed by atoms with van der Waals surface area (Å²) >= 11 is 3.04. The SMILES string of the molecule is Cc1c(F)c(Br)c(F)c2nc(OC[C@@]34CCCN3C[C@H](F)C4)nc(N3CC4CCC(C3)N4C(=O)OC(C)(C)C)c12. The molecule has 0 radical (unpaired) electrons. The average Bonchev–Trinajstić information content (AvgIpc) is 3.50. The fourth-order valence-electron chi connectivity index (χ4n) is 7.04. The molecule has 1 aromatic carbocycles. The molecule has 2 unspecified atom stereocenters. The summed E-state index contributed by atoms with van der Waals surface area (Å²) < 4.78 is 56.4. The number of benzene rings is 1. The summed E-state index contributed by atoms with van der Waals surface area (Å²) in [5, 5.41) is 0.279. The number of nitrogens with zero attached hydrogens (tertiary/aromatic N) is 5. The van der Waals surface area contributed by atoms with Crippen LogP contribution in [-0.2, 0) is 4.74 Å². The lowest BCUT2D eigenvalue weighted by atomic mass is 9.95. The van der Waals surface area contributed by atoms with Gasteiger partial charge in [-0.2, -0.15) is 9.97 Å². The van der Waals surface area contributed by atoms with Crippen LogP contribution in [0.2, 0.25) is 0 Å². The van der Waals surface area contributed by atoms with Crippen LogP contribution in [0.4, 0.5) is 23.8 Å². The minimum Gasteiger partial charge on any atom is -0.461 e. The molecule has 1 amide bonds. The molecule has 0 spiro atoms. The number of piperazine rings is 1. The third-order valence-corrected chi connectivity index (χ3v) is 9.48. The molecule has 0 N–H and O–H groups in total. The second kappa shape index (κ2) is 9.89. The van der Waals surface area contributed by atoms with Crippen molar-refractivity contribution in [3.63, 3.8) is 0 Å². The van der Waals surface area contributed by atoms with Crippen LogP contribution < -0.4 is 9.64 Å². The summed E-state index contributed by atoms with van der Waals surface area (Å²) in [5.41, 5.74) is -0.849. The number of rotatable bonds is 4. The highest BCUT2D eigenvalue weighted by atomic mass is 79.9. The smallest absolute Gasteiger partial charge is 0.410 e. The van der Waals surface area contributed by atoms with E-state index in [1.54, 1.807) is 11.8 Å². The zero-order valence-electron chi connectivity index (χ0n) is 23.3. The summed E-state index contributed by atoms with van der Waals surface area (Å²) in [5.74, 6) is -1.16. The summed E-state index contributed by atoms with van der Waals surface area (Å²) in [6.45, 7) is 9.36. The average molecular weight is 627 g/mol. The summed E-state index contributed by atoms with van der Waals surface area (Å²) in [7, 11) is 0. The van der Waals surface area contributed by atoms with Gasteiger partial charge in [-0.15, -0.1) is 0 Å². The minimum atomic E-state index is -0.909.